The summed E-state index contributed by atoms with van der Waals surface area (Å²) in [6.07, 6.45) is -3.53. The lowest BCUT2D eigenvalue weighted by molar-refractivity contribution is -0.138. The van der Waals surface area contributed by atoms with E-state index in [1.54, 1.807) is 0 Å². The van der Waals surface area contributed by atoms with Crippen LogP contribution in [0, 0.1) is 5.92 Å². The average molecular weight is 529 g/mol. The molecule has 2 aliphatic heterocycles. The molecular formula is C26H30F6N4O. The van der Waals surface area contributed by atoms with Gasteiger partial charge in [-0.25, -0.2) is 4.98 Å². The minimum atomic E-state index is -4.42. The number of piperidine rings is 2. The molecule has 1 N–H and O–H groups in total. The molecule has 0 unspecified atom stereocenters. The first-order valence-corrected chi connectivity index (χ1v) is 12.5. The van der Waals surface area contributed by atoms with Crippen molar-refractivity contribution in [1.82, 2.24) is 9.88 Å². The Bertz CT molecular complexity index is 1020. The molecule has 202 valence electrons. The summed E-state index contributed by atoms with van der Waals surface area (Å²) in [4.78, 5) is 20.5. The minimum Gasteiger partial charge on any atom is -0.372 e. The highest BCUT2D eigenvalue weighted by molar-refractivity contribution is 5.76. The zero-order chi connectivity index (χ0) is 26.6. The first-order valence-electron chi connectivity index (χ1n) is 12.5. The molecule has 0 atom stereocenters. The highest BCUT2D eigenvalue weighted by Gasteiger charge is 2.32. The third-order valence-electron chi connectivity index (χ3n) is 7.23. The van der Waals surface area contributed by atoms with Crippen molar-refractivity contribution < 1.29 is 31.1 Å². The summed E-state index contributed by atoms with van der Waals surface area (Å²) in [6.45, 7) is 2.67. The fourth-order valence-corrected chi connectivity index (χ4v) is 4.96. The summed E-state index contributed by atoms with van der Waals surface area (Å²) < 4.78 is 76.3. The molecule has 2 fully saturated rings. The van der Waals surface area contributed by atoms with Gasteiger partial charge in [0.15, 0.2) is 0 Å². The van der Waals surface area contributed by atoms with Gasteiger partial charge in [0, 0.05) is 50.5 Å². The van der Waals surface area contributed by atoms with Crippen LogP contribution >= 0.6 is 0 Å². The first-order chi connectivity index (χ1) is 17.5. The van der Waals surface area contributed by atoms with Crippen molar-refractivity contribution in [3.05, 3.63) is 53.7 Å². The molecule has 1 aromatic carbocycles. The maximum atomic E-state index is 12.8. The number of hydrogen-bond donors (Lipinski definition) is 1. The van der Waals surface area contributed by atoms with Gasteiger partial charge in [-0.2, -0.15) is 26.3 Å². The molecule has 2 aliphatic rings. The van der Waals surface area contributed by atoms with Gasteiger partial charge in [0.2, 0.25) is 5.91 Å². The average Bonchev–Trinajstić information content (AvgIpc) is 2.87. The largest absolute Gasteiger partial charge is 0.417 e. The van der Waals surface area contributed by atoms with Crippen LogP contribution in [-0.2, 0) is 17.1 Å². The molecule has 0 bridgehead atoms. The number of halogens is 6. The molecule has 2 aromatic rings. The molecule has 1 amide bonds. The summed E-state index contributed by atoms with van der Waals surface area (Å²) in [7, 11) is 0. The topological polar surface area (TPSA) is 48.5 Å². The van der Waals surface area contributed by atoms with E-state index in [9.17, 15) is 31.1 Å². The van der Waals surface area contributed by atoms with Gasteiger partial charge in [-0.15, -0.1) is 0 Å². The van der Waals surface area contributed by atoms with Crippen LogP contribution in [0.15, 0.2) is 42.6 Å². The third-order valence-corrected chi connectivity index (χ3v) is 7.23. The molecule has 4 rings (SSSR count). The van der Waals surface area contributed by atoms with Gasteiger partial charge in [0.1, 0.15) is 5.82 Å². The summed E-state index contributed by atoms with van der Waals surface area (Å²) in [5, 5.41) is 3.15. The number of anilines is 2. The predicted octanol–water partition coefficient (Wildman–Crippen LogP) is 6.22. The van der Waals surface area contributed by atoms with E-state index in [-0.39, 0.29) is 11.9 Å². The Balaban J connectivity index is 1.15. The lowest BCUT2D eigenvalue weighted by atomic mass is 9.91. The van der Waals surface area contributed by atoms with Gasteiger partial charge >= 0.3 is 12.4 Å². The standard InChI is InChI=1S/C26H30F6N4O/c27-25(28,29)19-2-5-22(6-3-19)35-13-9-18(10-14-35)1-8-24(37)36-15-11-21(12-16-36)34-23-7-4-20(17-33-23)26(30,31)32/h2-7,17-18,21H,1,8-16H2,(H,33,34). The van der Waals surface area contributed by atoms with E-state index in [2.05, 4.69) is 15.2 Å². The van der Waals surface area contributed by atoms with Gasteiger partial charge < -0.3 is 15.1 Å². The van der Waals surface area contributed by atoms with Crippen LogP contribution in [-0.4, -0.2) is 48.0 Å². The number of alkyl halides is 6. The minimum absolute atomic E-state index is 0.0443. The van der Waals surface area contributed by atoms with E-state index in [0.717, 1.165) is 62.4 Å². The summed E-state index contributed by atoms with van der Waals surface area (Å²) >= 11 is 0. The van der Waals surface area contributed by atoms with Gasteiger partial charge in [0.05, 0.1) is 11.1 Å². The monoisotopic (exact) mass is 528 g/mol. The Kier molecular flexibility index (Phi) is 8.18. The van der Waals surface area contributed by atoms with E-state index in [1.165, 1.54) is 18.2 Å². The fourth-order valence-electron chi connectivity index (χ4n) is 4.96. The number of benzene rings is 1. The number of nitrogens with zero attached hydrogens (tertiary/aromatic N) is 3. The Morgan fingerprint density at radius 1 is 0.838 bits per heavy atom. The predicted molar refractivity (Wildman–Crippen MR) is 128 cm³/mol. The van der Waals surface area contributed by atoms with E-state index < -0.39 is 23.5 Å². The number of nitrogens with one attached hydrogen (secondary N) is 1. The number of amides is 1. The van der Waals surface area contributed by atoms with Crippen LogP contribution in [0.3, 0.4) is 0 Å². The Morgan fingerprint density at radius 3 is 1.97 bits per heavy atom. The number of pyridine rings is 1. The third kappa shape index (κ3) is 7.29. The van der Waals surface area contributed by atoms with Crippen LogP contribution in [0.25, 0.3) is 0 Å². The molecule has 37 heavy (non-hydrogen) atoms. The Labute approximate surface area is 211 Å². The highest BCUT2D eigenvalue weighted by Crippen LogP contribution is 2.32. The van der Waals surface area contributed by atoms with Gasteiger partial charge in [-0.1, -0.05) is 0 Å². The van der Waals surface area contributed by atoms with Crippen LogP contribution in [0.2, 0.25) is 0 Å². The molecule has 1 aromatic heterocycles. The van der Waals surface area contributed by atoms with Crippen LogP contribution in [0.5, 0.6) is 0 Å². The van der Waals surface area contributed by atoms with E-state index in [0.29, 0.717) is 44.1 Å². The maximum absolute atomic E-state index is 12.8. The van der Waals surface area contributed by atoms with Crippen molar-refractivity contribution in [3.63, 3.8) is 0 Å². The molecule has 0 spiro atoms. The number of carbonyl (C=O) groups excluding carboxylic acids is 1. The van der Waals surface area contributed by atoms with Crippen molar-refractivity contribution in [1.29, 1.82) is 0 Å². The highest BCUT2D eigenvalue weighted by atomic mass is 19.4. The quantitative estimate of drug-likeness (QED) is 0.453. The Hall–Kier alpha value is -2.98. The fraction of sp³-hybridized carbons (Fsp3) is 0.538. The number of rotatable bonds is 6. The van der Waals surface area contributed by atoms with Crippen molar-refractivity contribution >= 4 is 17.4 Å². The van der Waals surface area contributed by atoms with Gasteiger partial charge in [-0.05, 0) is 74.4 Å². The molecule has 2 saturated heterocycles. The van der Waals surface area contributed by atoms with E-state index in [1.807, 2.05) is 4.90 Å². The molecule has 0 saturated carbocycles. The lowest BCUT2D eigenvalue weighted by Crippen LogP contribution is -2.42. The molecule has 0 radical (unpaired) electrons. The van der Waals surface area contributed by atoms with Crippen molar-refractivity contribution in [3.8, 4) is 0 Å². The number of carbonyl (C=O) groups is 1. The van der Waals surface area contributed by atoms with Crippen molar-refractivity contribution in [2.24, 2.45) is 5.92 Å². The second-order valence-electron chi connectivity index (χ2n) is 9.74. The normalized spacial score (nSPS) is 18.2. The van der Waals surface area contributed by atoms with E-state index >= 15 is 0 Å². The molecule has 3 heterocycles. The Morgan fingerprint density at radius 2 is 1.43 bits per heavy atom. The second kappa shape index (κ2) is 11.2. The van der Waals surface area contributed by atoms with Crippen molar-refractivity contribution in [2.45, 2.75) is 56.9 Å². The number of hydrogen-bond acceptors (Lipinski definition) is 4. The SMILES string of the molecule is O=C(CCC1CCN(c2ccc(C(F)(F)F)cc2)CC1)N1CCC(Nc2ccc(C(F)(F)F)cn2)CC1. The first kappa shape index (κ1) is 27.1. The van der Waals surface area contributed by atoms with Crippen LogP contribution in [0.1, 0.15) is 49.7 Å². The van der Waals surface area contributed by atoms with Gasteiger partial charge in [0.25, 0.3) is 0 Å². The maximum Gasteiger partial charge on any atom is 0.417 e. The van der Waals surface area contributed by atoms with Crippen molar-refractivity contribution in [2.75, 3.05) is 36.4 Å². The molecule has 5 nitrogen and oxygen atoms in total. The van der Waals surface area contributed by atoms with E-state index in [4.69, 9.17) is 0 Å². The zero-order valence-electron chi connectivity index (χ0n) is 20.3. The summed E-state index contributed by atoms with van der Waals surface area (Å²) in [5.41, 5.74) is -0.657. The summed E-state index contributed by atoms with van der Waals surface area (Å²) in [6, 6.07) is 7.61. The number of likely N-dealkylation sites (tertiary alicyclic amines) is 1. The lowest BCUT2D eigenvalue weighted by Gasteiger charge is -2.35. The molecule has 11 heteroatoms. The zero-order valence-corrected chi connectivity index (χ0v) is 20.3. The van der Waals surface area contributed by atoms with Crippen LogP contribution < -0.4 is 10.2 Å². The second-order valence-corrected chi connectivity index (χ2v) is 9.74. The van der Waals surface area contributed by atoms with Crippen LogP contribution in [0.4, 0.5) is 37.8 Å². The molecular weight excluding hydrogens is 498 g/mol. The number of aromatic nitrogens is 1. The smallest absolute Gasteiger partial charge is 0.372 e. The summed E-state index contributed by atoms with van der Waals surface area (Å²) in [5.74, 6) is 0.899. The molecule has 0 aliphatic carbocycles. The van der Waals surface area contributed by atoms with Gasteiger partial charge in [-0.3, -0.25) is 4.79 Å².